The Kier molecular flexibility index (Phi) is 5.66. The fourth-order valence-electron chi connectivity index (χ4n) is 4.68. The molecule has 2 fully saturated rings. The molecule has 0 bridgehead atoms. The minimum atomic E-state index is 0.488. The summed E-state index contributed by atoms with van der Waals surface area (Å²) in [5.41, 5.74) is 4.00. The number of fused-ring (bicyclic) bond motifs is 1. The van der Waals surface area contributed by atoms with E-state index >= 15 is 0 Å². The van der Waals surface area contributed by atoms with Crippen molar-refractivity contribution < 1.29 is 0 Å². The lowest BCUT2D eigenvalue weighted by molar-refractivity contribution is 0.647. The third-order valence-corrected chi connectivity index (χ3v) is 6.95. The van der Waals surface area contributed by atoms with Crippen LogP contribution in [0, 0.1) is 0 Å². The van der Waals surface area contributed by atoms with Crippen molar-refractivity contribution in [1.82, 2.24) is 15.3 Å². The first-order valence-electron chi connectivity index (χ1n) is 12.0. The second kappa shape index (κ2) is 9.10. The second-order valence-electron chi connectivity index (χ2n) is 9.22. The highest BCUT2D eigenvalue weighted by Crippen LogP contribution is 2.30. The van der Waals surface area contributed by atoms with Gasteiger partial charge in [0.15, 0.2) is 5.11 Å². The Morgan fingerprint density at radius 2 is 1.35 bits per heavy atom. The number of anilines is 4. The normalized spacial score (nSPS) is 17.5. The molecule has 0 amide bonds. The van der Waals surface area contributed by atoms with E-state index in [4.69, 9.17) is 22.2 Å². The molecule has 2 N–H and O–H groups in total. The number of piperazine rings is 1. The zero-order chi connectivity index (χ0) is 22.9. The predicted octanol–water partition coefficient (Wildman–Crippen LogP) is 3.77. The summed E-state index contributed by atoms with van der Waals surface area (Å²) < 4.78 is 0. The summed E-state index contributed by atoms with van der Waals surface area (Å²) in [6, 6.07) is 21.9. The van der Waals surface area contributed by atoms with Crippen LogP contribution in [0.4, 0.5) is 23.3 Å². The molecule has 0 radical (unpaired) electrons. The molecule has 1 saturated heterocycles. The molecule has 3 aromatic rings. The highest BCUT2D eigenvalue weighted by atomic mass is 32.1. The third-order valence-electron chi connectivity index (χ3n) is 6.73. The van der Waals surface area contributed by atoms with Crippen molar-refractivity contribution in [1.29, 1.82) is 0 Å². The number of thiocarbonyl (C=S) groups is 1. The highest BCUT2D eigenvalue weighted by molar-refractivity contribution is 7.80. The first kappa shape index (κ1) is 21.2. The van der Waals surface area contributed by atoms with Gasteiger partial charge in [0.25, 0.3) is 0 Å². The largest absolute Gasteiger partial charge is 0.368 e. The summed E-state index contributed by atoms with van der Waals surface area (Å²) in [6.45, 7) is 5.47. The molecule has 8 heteroatoms. The second-order valence-corrected chi connectivity index (χ2v) is 9.62. The number of nitrogens with one attached hydrogen (secondary N) is 2. The van der Waals surface area contributed by atoms with Crippen LogP contribution in [0.1, 0.15) is 24.0 Å². The average molecular weight is 472 g/mol. The van der Waals surface area contributed by atoms with Gasteiger partial charge in [-0.2, -0.15) is 9.97 Å². The molecule has 3 aliphatic rings. The summed E-state index contributed by atoms with van der Waals surface area (Å²) in [5.74, 6) is 2.45. The monoisotopic (exact) mass is 471 g/mol. The van der Waals surface area contributed by atoms with Gasteiger partial charge in [-0.25, -0.2) is 0 Å². The minimum absolute atomic E-state index is 0.488. The van der Waals surface area contributed by atoms with Gasteiger partial charge in [-0.1, -0.05) is 42.5 Å². The van der Waals surface area contributed by atoms with E-state index in [1.54, 1.807) is 0 Å². The fraction of sp³-hybridized carbons (Fsp3) is 0.346. The molecular weight excluding hydrogens is 442 g/mol. The fourth-order valence-corrected chi connectivity index (χ4v) is 4.94. The van der Waals surface area contributed by atoms with Gasteiger partial charge >= 0.3 is 0 Å². The van der Waals surface area contributed by atoms with Crippen molar-refractivity contribution in [3.8, 4) is 0 Å². The van der Waals surface area contributed by atoms with Crippen molar-refractivity contribution in [2.24, 2.45) is 0 Å². The Morgan fingerprint density at radius 1 is 0.765 bits per heavy atom. The number of hydrogen-bond acceptors (Lipinski definition) is 6. The molecule has 6 rings (SSSR count). The van der Waals surface area contributed by atoms with Crippen LogP contribution in [0.2, 0.25) is 0 Å². The van der Waals surface area contributed by atoms with Crippen molar-refractivity contribution in [2.45, 2.75) is 32.0 Å². The van der Waals surface area contributed by atoms with E-state index in [9.17, 15) is 0 Å². The average Bonchev–Trinajstić information content (AvgIpc) is 3.58. The topological polar surface area (TPSA) is 59.6 Å². The Balaban J connectivity index is 1.23. The van der Waals surface area contributed by atoms with E-state index in [1.165, 1.54) is 29.7 Å². The molecule has 1 aromatic heterocycles. The Hall–Kier alpha value is -3.39. The van der Waals surface area contributed by atoms with Crippen LogP contribution >= 0.6 is 12.2 Å². The third kappa shape index (κ3) is 4.63. The number of nitrogens with zero attached hydrogens (tertiary/aromatic N) is 5. The lowest BCUT2D eigenvalue weighted by Gasteiger charge is -2.37. The number of rotatable bonds is 5. The van der Waals surface area contributed by atoms with Gasteiger partial charge in [0.05, 0.1) is 0 Å². The molecule has 1 saturated carbocycles. The van der Waals surface area contributed by atoms with E-state index in [1.807, 2.05) is 0 Å². The lowest BCUT2D eigenvalue weighted by Crippen LogP contribution is -2.47. The Bertz CT molecular complexity index is 1150. The molecule has 1 aliphatic carbocycles. The van der Waals surface area contributed by atoms with Crippen LogP contribution in [0.25, 0.3) is 0 Å². The van der Waals surface area contributed by atoms with Crippen molar-refractivity contribution >= 4 is 40.6 Å². The first-order valence-corrected chi connectivity index (χ1v) is 12.5. The van der Waals surface area contributed by atoms with Gasteiger partial charge in [-0.05, 0) is 48.3 Å². The molecular formula is C26H29N7S. The highest BCUT2D eigenvalue weighted by Gasteiger charge is 2.25. The van der Waals surface area contributed by atoms with E-state index in [2.05, 4.69) is 86.0 Å². The van der Waals surface area contributed by atoms with E-state index in [-0.39, 0.29) is 0 Å². The van der Waals surface area contributed by atoms with Crippen LogP contribution in [0.5, 0.6) is 0 Å². The summed E-state index contributed by atoms with van der Waals surface area (Å²) in [4.78, 5) is 16.8. The van der Waals surface area contributed by atoms with Crippen molar-refractivity contribution in [3.63, 3.8) is 0 Å². The Morgan fingerprint density at radius 3 is 2.00 bits per heavy atom. The number of hydrogen-bond donors (Lipinski definition) is 2. The standard InChI is InChI=1S/C26H29N7S/c34-26(27-21-10-11-21)30-25-28-23(32-14-12-31(13-15-32)22-8-2-1-3-9-22)16-24(29-25)33-17-19-6-4-5-7-20(19)18-33/h1-9,16,21H,10-15,17-18H2,(H2,27,28,29,30,34). The van der Waals surface area contributed by atoms with E-state index in [0.29, 0.717) is 17.1 Å². The zero-order valence-electron chi connectivity index (χ0n) is 19.2. The SMILES string of the molecule is S=C(Nc1nc(N2CCN(c3ccccc3)CC2)cc(N2Cc3ccccc3C2)n1)NC1CC1. The van der Waals surface area contributed by atoms with Gasteiger partial charge in [-0.3, -0.25) is 0 Å². The van der Waals surface area contributed by atoms with Gasteiger partial charge in [0.2, 0.25) is 5.95 Å². The molecule has 0 unspecified atom stereocenters. The van der Waals surface area contributed by atoms with Crippen LogP contribution < -0.4 is 25.3 Å². The van der Waals surface area contributed by atoms with Crippen LogP contribution in [-0.4, -0.2) is 47.3 Å². The van der Waals surface area contributed by atoms with Crippen molar-refractivity contribution in [2.75, 3.05) is 46.2 Å². The number of para-hydroxylation sites is 1. The molecule has 2 aliphatic heterocycles. The van der Waals surface area contributed by atoms with Crippen LogP contribution in [0.15, 0.2) is 60.7 Å². The van der Waals surface area contributed by atoms with Crippen molar-refractivity contribution in [3.05, 3.63) is 71.8 Å². The van der Waals surface area contributed by atoms with Gasteiger partial charge in [-0.15, -0.1) is 0 Å². The first-order chi connectivity index (χ1) is 16.7. The maximum Gasteiger partial charge on any atom is 0.232 e. The van der Waals surface area contributed by atoms with Crippen LogP contribution in [-0.2, 0) is 13.1 Å². The van der Waals surface area contributed by atoms with Gasteiger partial charge in [0.1, 0.15) is 11.6 Å². The maximum atomic E-state index is 5.52. The zero-order valence-corrected chi connectivity index (χ0v) is 20.0. The molecule has 0 spiro atoms. The number of aromatic nitrogens is 2. The predicted molar refractivity (Wildman–Crippen MR) is 142 cm³/mol. The summed E-state index contributed by atoms with van der Waals surface area (Å²) in [7, 11) is 0. The van der Waals surface area contributed by atoms with E-state index < -0.39 is 0 Å². The summed E-state index contributed by atoms with van der Waals surface area (Å²) >= 11 is 5.52. The number of benzene rings is 2. The minimum Gasteiger partial charge on any atom is -0.368 e. The molecule has 174 valence electrons. The Labute approximate surface area is 205 Å². The summed E-state index contributed by atoms with van der Waals surface area (Å²) in [5, 5.41) is 7.18. The lowest BCUT2D eigenvalue weighted by atomic mass is 10.1. The van der Waals surface area contributed by atoms with Gasteiger partial charge < -0.3 is 25.3 Å². The smallest absolute Gasteiger partial charge is 0.232 e. The maximum absolute atomic E-state index is 5.52. The van der Waals surface area contributed by atoms with E-state index in [0.717, 1.165) is 50.9 Å². The molecule has 2 aromatic carbocycles. The summed E-state index contributed by atoms with van der Waals surface area (Å²) in [6.07, 6.45) is 2.34. The molecule has 7 nitrogen and oxygen atoms in total. The quantitative estimate of drug-likeness (QED) is 0.546. The molecule has 34 heavy (non-hydrogen) atoms. The molecule has 0 atom stereocenters. The molecule has 3 heterocycles. The van der Waals surface area contributed by atoms with Crippen LogP contribution in [0.3, 0.4) is 0 Å². The van der Waals surface area contributed by atoms with Gasteiger partial charge in [0, 0.05) is 57.1 Å².